The number of ketones is 1. The number of para-hydroxylation sites is 1. The largest absolute Gasteiger partial charge is 0.506 e. The Morgan fingerprint density at radius 2 is 1.89 bits per heavy atom. The summed E-state index contributed by atoms with van der Waals surface area (Å²) in [5, 5.41) is 10.7. The van der Waals surface area contributed by atoms with Crippen molar-refractivity contribution in [1.29, 1.82) is 0 Å². The smallest absolute Gasteiger partial charge is 0.348 e. The van der Waals surface area contributed by atoms with E-state index in [0.717, 1.165) is 0 Å². The summed E-state index contributed by atoms with van der Waals surface area (Å²) >= 11 is 0. The number of Topliss-reactive ketones (excluding diaryl/α,β-unsaturated/α-hetero) is 1. The molecule has 0 aliphatic rings. The maximum Gasteiger partial charge on any atom is 0.348 e. The van der Waals surface area contributed by atoms with Crippen LogP contribution in [0, 0.1) is 0 Å². The number of carbonyl (C=O) groups is 2. The van der Waals surface area contributed by atoms with Gasteiger partial charge in [0.2, 0.25) is 0 Å². The summed E-state index contributed by atoms with van der Waals surface area (Å²) in [5.41, 5.74) is 0.139. The van der Waals surface area contributed by atoms with E-state index in [1.165, 1.54) is 19.2 Å². The number of aromatic hydroxyl groups is 1. The highest BCUT2D eigenvalue weighted by Crippen LogP contribution is 2.28. The first-order valence-corrected chi connectivity index (χ1v) is 8.53. The molecule has 3 rings (SSSR count). The van der Waals surface area contributed by atoms with Gasteiger partial charge in [-0.3, -0.25) is 9.79 Å². The number of rotatable bonds is 5. The van der Waals surface area contributed by atoms with Crippen LogP contribution in [-0.2, 0) is 4.74 Å². The summed E-state index contributed by atoms with van der Waals surface area (Å²) in [5.74, 6) is -1.04. The van der Waals surface area contributed by atoms with Gasteiger partial charge in [-0.15, -0.1) is 0 Å². The highest BCUT2D eigenvalue weighted by molar-refractivity contribution is 6.07. The van der Waals surface area contributed by atoms with E-state index in [1.54, 1.807) is 43.3 Å². The highest BCUT2D eigenvalue weighted by atomic mass is 16.5. The molecule has 1 heterocycles. The fraction of sp³-hybridized carbons (Fsp3) is 0.143. The first kappa shape index (κ1) is 19.0. The van der Waals surface area contributed by atoms with Crippen LogP contribution in [0.3, 0.4) is 0 Å². The Morgan fingerprint density at radius 1 is 1.18 bits per heavy atom. The van der Waals surface area contributed by atoms with Crippen LogP contribution in [0.15, 0.2) is 56.7 Å². The molecule has 0 aliphatic heterocycles. The van der Waals surface area contributed by atoms with Crippen LogP contribution in [0.2, 0.25) is 0 Å². The monoisotopic (exact) mass is 379 g/mol. The minimum Gasteiger partial charge on any atom is -0.506 e. The quantitative estimate of drug-likeness (QED) is 0.314. The molecule has 0 aliphatic carbocycles. The molecule has 0 bridgehead atoms. The van der Waals surface area contributed by atoms with Gasteiger partial charge in [-0.05, 0) is 50.2 Å². The van der Waals surface area contributed by atoms with Crippen molar-refractivity contribution < 1.29 is 23.8 Å². The predicted octanol–water partition coefficient (Wildman–Crippen LogP) is 3.63. The molecule has 7 nitrogen and oxygen atoms in total. The Labute approximate surface area is 159 Å². The maximum absolute atomic E-state index is 12.3. The standard InChI is InChI=1S/C21H17NO6/c1-3-27-20(25)13-7-9-14(10-8-13)22-11-17-18(24)16-6-4-5-15(12(2)23)19(16)28-21(17)26/h4-11,24H,3H2,1-2H3. The lowest BCUT2D eigenvalue weighted by Crippen LogP contribution is -2.08. The lowest BCUT2D eigenvalue weighted by molar-refractivity contribution is 0.0526. The van der Waals surface area contributed by atoms with Gasteiger partial charge in [-0.25, -0.2) is 9.59 Å². The first-order chi connectivity index (χ1) is 13.4. The molecule has 0 fully saturated rings. The zero-order valence-corrected chi connectivity index (χ0v) is 15.3. The van der Waals surface area contributed by atoms with Crippen molar-refractivity contribution >= 4 is 34.6 Å². The van der Waals surface area contributed by atoms with Crippen LogP contribution in [0.1, 0.15) is 40.1 Å². The summed E-state index contributed by atoms with van der Waals surface area (Å²) in [4.78, 5) is 39.8. The minimum atomic E-state index is -0.814. The van der Waals surface area contributed by atoms with Crippen molar-refractivity contribution in [3.8, 4) is 5.75 Å². The van der Waals surface area contributed by atoms with Gasteiger partial charge in [0.25, 0.3) is 0 Å². The molecule has 0 saturated heterocycles. The molecule has 1 aromatic heterocycles. The summed E-state index contributed by atoms with van der Waals surface area (Å²) in [6, 6.07) is 10.9. The fourth-order valence-corrected chi connectivity index (χ4v) is 2.65. The molecule has 0 unspecified atom stereocenters. The normalized spacial score (nSPS) is 11.1. The van der Waals surface area contributed by atoms with E-state index in [9.17, 15) is 19.5 Å². The first-order valence-electron chi connectivity index (χ1n) is 8.53. The third kappa shape index (κ3) is 3.68. The van der Waals surface area contributed by atoms with Crippen molar-refractivity contribution in [3.63, 3.8) is 0 Å². The van der Waals surface area contributed by atoms with Crippen molar-refractivity contribution in [3.05, 3.63) is 69.6 Å². The van der Waals surface area contributed by atoms with Crippen molar-refractivity contribution in [2.45, 2.75) is 13.8 Å². The topological polar surface area (TPSA) is 106 Å². The van der Waals surface area contributed by atoms with E-state index in [-0.39, 0.29) is 40.2 Å². The molecule has 28 heavy (non-hydrogen) atoms. The zero-order chi connectivity index (χ0) is 20.3. The van der Waals surface area contributed by atoms with Crippen LogP contribution >= 0.6 is 0 Å². The molecular weight excluding hydrogens is 362 g/mol. The Balaban J connectivity index is 1.97. The lowest BCUT2D eigenvalue weighted by Gasteiger charge is -2.05. The van der Waals surface area contributed by atoms with Crippen molar-refractivity contribution in [1.82, 2.24) is 0 Å². The zero-order valence-electron chi connectivity index (χ0n) is 15.3. The summed E-state index contributed by atoms with van der Waals surface area (Å²) in [7, 11) is 0. The van der Waals surface area contributed by atoms with Crippen LogP contribution in [-0.4, -0.2) is 29.7 Å². The van der Waals surface area contributed by atoms with Crippen molar-refractivity contribution in [2.24, 2.45) is 4.99 Å². The minimum absolute atomic E-state index is 0.0356. The van der Waals surface area contributed by atoms with Gasteiger partial charge in [0.1, 0.15) is 11.3 Å². The van der Waals surface area contributed by atoms with E-state index in [1.807, 2.05) is 0 Å². The number of ether oxygens (including phenoxy) is 1. The van der Waals surface area contributed by atoms with E-state index >= 15 is 0 Å². The molecule has 2 aromatic carbocycles. The number of benzene rings is 2. The van der Waals surface area contributed by atoms with Crippen LogP contribution in [0.5, 0.6) is 5.75 Å². The van der Waals surface area contributed by atoms with E-state index in [2.05, 4.69) is 4.99 Å². The SMILES string of the molecule is CCOC(=O)c1ccc(N=Cc2c(O)c3cccc(C(C)=O)c3oc2=O)cc1. The summed E-state index contributed by atoms with van der Waals surface area (Å²) in [6.45, 7) is 3.35. The number of esters is 1. The highest BCUT2D eigenvalue weighted by Gasteiger charge is 2.16. The van der Waals surface area contributed by atoms with Crippen molar-refractivity contribution in [2.75, 3.05) is 6.61 Å². The summed E-state index contributed by atoms with van der Waals surface area (Å²) in [6.07, 6.45) is 1.18. The second-order valence-electron chi connectivity index (χ2n) is 5.92. The Bertz CT molecular complexity index is 1140. The van der Waals surface area contributed by atoms with E-state index in [0.29, 0.717) is 11.3 Å². The van der Waals surface area contributed by atoms with Gasteiger partial charge in [0.05, 0.1) is 28.8 Å². The molecule has 0 amide bonds. The van der Waals surface area contributed by atoms with E-state index in [4.69, 9.17) is 9.15 Å². The van der Waals surface area contributed by atoms with Gasteiger partial charge in [0.15, 0.2) is 11.4 Å². The molecule has 0 atom stereocenters. The third-order valence-corrected chi connectivity index (χ3v) is 4.04. The van der Waals surface area contributed by atoms with Crippen LogP contribution in [0.4, 0.5) is 5.69 Å². The second-order valence-corrected chi connectivity index (χ2v) is 5.92. The number of nitrogens with zero attached hydrogens (tertiary/aromatic N) is 1. The average molecular weight is 379 g/mol. The Morgan fingerprint density at radius 3 is 2.54 bits per heavy atom. The molecule has 1 N–H and O–H groups in total. The molecule has 0 saturated carbocycles. The molecular formula is C21H17NO6. The molecule has 0 radical (unpaired) electrons. The maximum atomic E-state index is 12.3. The second kappa shape index (κ2) is 7.87. The number of aliphatic imine (C=N–C) groups is 1. The summed E-state index contributed by atoms with van der Waals surface area (Å²) < 4.78 is 10.2. The molecule has 142 valence electrons. The Hall–Kier alpha value is -3.74. The molecule has 0 spiro atoms. The number of hydrogen-bond acceptors (Lipinski definition) is 7. The predicted molar refractivity (Wildman–Crippen MR) is 104 cm³/mol. The lowest BCUT2D eigenvalue weighted by atomic mass is 10.1. The number of hydrogen-bond donors (Lipinski definition) is 1. The number of fused-ring (bicyclic) bond motifs is 1. The van der Waals surface area contributed by atoms with Crippen LogP contribution in [0.25, 0.3) is 11.0 Å². The average Bonchev–Trinajstić information content (AvgIpc) is 2.68. The van der Waals surface area contributed by atoms with Gasteiger partial charge < -0.3 is 14.3 Å². The van der Waals surface area contributed by atoms with Gasteiger partial charge >= 0.3 is 11.6 Å². The number of carbonyl (C=O) groups excluding carboxylic acids is 2. The van der Waals surface area contributed by atoms with Gasteiger partial charge in [-0.1, -0.05) is 6.07 Å². The molecule has 7 heteroatoms. The third-order valence-electron chi connectivity index (χ3n) is 4.04. The van der Waals surface area contributed by atoms with Gasteiger partial charge in [-0.2, -0.15) is 0 Å². The van der Waals surface area contributed by atoms with Gasteiger partial charge in [0, 0.05) is 6.21 Å². The van der Waals surface area contributed by atoms with E-state index < -0.39 is 11.6 Å². The Kier molecular flexibility index (Phi) is 5.35. The molecule has 3 aromatic rings. The van der Waals surface area contributed by atoms with Crippen LogP contribution < -0.4 is 5.63 Å². The fourth-order valence-electron chi connectivity index (χ4n) is 2.65.